The monoisotopic (exact) mass is 496 g/mol. The molecule has 0 saturated carbocycles. The number of amides is 1. The summed E-state index contributed by atoms with van der Waals surface area (Å²) in [5, 5.41) is 6.91. The number of nitrogens with zero attached hydrogens (tertiary/aromatic N) is 1. The van der Waals surface area contributed by atoms with Gasteiger partial charge in [-0.15, -0.1) is 0 Å². The molecule has 0 fully saturated rings. The van der Waals surface area contributed by atoms with Crippen LogP contribution in [0.25, 0.3) is 22.0 Å². The minimum atomic E-state index is -0.804. The molecule has 35 heavy (non-hydrogen) atoms. The van der Waals surface area contributed by atoms with Crippen molar-refractivity contribution in [1.82, 2.24) is 9.97 Å². The van der Waals surface area contributed by atoms with Crippen LogP contribution in [-0.4, -0.2) is 27.7 Å². The molecule has 1 amide bonds. The molecule has 9 heteroatoms. The summed E-state index contributed by atoms with van der Waals surface area (Å²) < 4.78 is 37.1. The van der Waals surface area contributed by atoms with Crippen molar-refractivity contribution < 1.29 is 18.3 Å². The van der Waals surface area contributed by atoms with Crippen molar-refractivity contribution in [3.63, 3.8) is 0 Å². The summed E-state index contributed by atoms with van der Waals surface area (Å²) in [6, 6.07) is 11.6. The molecule has 0 saturated heterocycles. The summed E-state index contributed by atoms with van der Waals surface area (Å²) in [7, 11) is 0. The molecule has 4 aromatic rings. The molecule has 3 N–H and O–H groups in total. The highest BCUT2D eigenvalue weighted by molar-refractivity contribution is 6.29. The Morgan fingerprint density at radius 2 is 2.00 bits per heavy atom. The molecule has 5 rings (SSSR count). The van der Waals surface area contributed by atoms with Crippen LogP contribution in [-0.2, 0) is 4.74 Å². The first-order valence-electron chi connectivity index (χ1n) is 11.1. The van der Waals surface area contributed by atoms with Gasteiger partial charge in [-0.2, -0.15) is 0 Å². The summed E-state index contributed by atoms with van der Waals surface area (Å²) in [4.78, 5) is 19.7. The zero-order valence-corrected chi connectivity index (χ0v) is 20.0. The highest BCUT2D eigenvalue weighted by Crippen LogP contribution is 2.46. The lowest BCUT2D eigenvalue weighted by Gasteiger charge is -2.44. The van der Waals surface area contributed by atoms with Gasteiger partial charge in [0.1, 0.15) is 22.9 Å². The molecule has 0 spiro atoms. The molecule has 2 aromatic heterocycles. The standard InChI is InChI=1S/C26H23ClF2N4O2/c1-13-20-18(11-17(28)21(22(20)29)16-6-4-5-14-9-10-30-23(14)16)33-26(2,3)24(13)35-25(34)32-15-7-8-19(27)31-12-15/h4-13,24,30,33H,1-3H3,(H,32,34). The van der Waals surface area contributed by atoms with E-state index in [2.05, 4.69) is 20.6 Å². The second-order valence-electron chi connectivity index (χ2n) is 9.21. The number of carbonyl (C=O) groups excluding carboxylic acids is 1. The molecular formula is C26H23ClF2N4O2. The van der Waals surface area contributed by atoms with E-state index in [-0.39, 0.29) is 11.1 Å². The van der Waals surface area contributed by atoms with Gasteiger partial charge < -0.3 is 15.0 Å². The Morgan fingerprint density at radius 3 is 2.74 bits per heavy atom. The van der Waals surface area contributed by atoms with E-state index < -0.39 is 35.3 Å². The molecular weight excluding hydrogens is 474 g/mol. The molecule has 2 unspecified atom stereocenters. The number of halogens is 3. The lowest BCUT2D eigenvalue weighted by atomic mass is 9.77. The lowest BCUT2D eigenvalue weighted by molar-refractivity contribution is 0.0560. The predicted octanol–water partition coefficient (Wildman–Crippen LogP) is 7.09. The van der Waals surface area contributed by atoms with Gasteiger partial charge in [0, 0.05) is 28.9 Å². The quantitative estimate of drug-likeness (QED) is 0.265. The van der Waals surface area contributed by atoms with E-state index in [9.17, 15) is 4.79 Å². The third-order valence-electron chi connectivity index (χ3n) is 6.40. The van der Waals surface area contributed by atoms with Crippen molar-refractivity contribution in [2.75, 3.05) is 10.6 Å². The Hall–Kier alpha value is -3.65. The van der Waals surface area contributed by atoms with Gasteiger partial charge >= 0.3 is 6.09 Å². The number of hydrogen-bond acceptors (Lipinski definition) is 4. The van der Waals surface area contributed by atoms with E-state index in [0.717, 1.165) is 5.39 Å². The van der Waals surface area contributed by atoms with E-state index in [1.807, 2.05) is 26.0 Å². The van der Waals surface area contributed by atoms with Crippen LogP contribution < -0.4 is 10.6 Å². The van der Waals surface area contributed by atoms with E-state index in [4.69, 9.17) is 16.3 Å². The number of benzene rings is 2. The molecule has 0 aliphatic carbocycles. The molecule has 2 atom stereocenters. The number of anilines is 2. The summed E-state index contributed by atoms with van der Waals surface area (Å²) in [5.74, 6) is -1.93. The van der Waals surface area contributed by atoms with Crippen LogP contribution >= 0.6 is 11.6 Å². The van der Waals surface area contributed by atoms with Crippen LogP contribution in [0, 0.1) is 11.6 Å². The van der Waals surface area contributed by atoms with E-state index >= 15 is 8.78 Å². The van der Waals surface area contributed by atoms with Gasteiger partial charge in [0.15, 0.2) is 0 Å². The summed E-state index contributed by atoms with van der Waals surface area (Å²) >= 11 is 5.79. The molecule has 1 aliphatic heterocycles. The van der Waals surface area contributed by atoms with Crippen molar-refractivity contribution in [1.29, 1.82) is 0 Å². The van der Waals surface area contributed by atoms with Crippen molar-refractivity contribution in [3.8, 4) is 11.1 Å². The van der Waals surface area contributed by atoms with Crippen LogP contribution in [0.15, 0.2) is 54.9 Å². The highest BCUT2D eigenvalue weighted by Gasteiger charge is 2.45. The van der Waals surface area contributed by atoms with E-state index in [1.165, 1.54) is 18.3 Å². The normalized spacial score (nSPS) is 18.6. The average Bonchev–Trinajstić information content (AvgIpc) is 3.27. The highest BCUT2D eigenvalue weighted by atomic mass is 35.5. The Kier molecular flexibility index (Phi) is 5.63. The predicted molar refractivity (Wildman–Crippen MR) is 133 cm³/mol. The lowest BCUT2D eigenvalue weighted by Crippen LogP contribution is -2.52. The summed E-state index contributed by atoms with van der Waals surface area (Å²) in [5.41, 5.74) is 1.14. The van der Waals surface area contributed by atoms with Gasteiger partial charge in [-0.05, 0) is 43.5 Å². The van der Waals surface area contributed by atoms with E-state index in [1.54, 1.807) is 31.3 Å². The van der Waals surface area contributed by atoms with Gasteiger partial charge in [-0.25, -0.2) is 18.6 Å². The second kappa shape index (κ2) is 8.53. The number of aromatic amines is 1. The Bertz CT molecular complexity index is 1440. The molecule has 3 heterocycles. The number of rotatable bonds is 3. The first kappa shape index (κ1) is 23.1. The fourth-order valence-corrected chi connectivity index (χ4v) is 4.99. The molecule has 2 aromatic carbocycles. The summed E-state index contributed by atoms with van der Waals surface area (Å²) in [6.45, 7) is 5.40. The summed E-state index contributed by atoms with van der Waals surface area (Å²) in [6.07, 6.45) is 1.66. The first-order chi connectivity index (χ1) is 16.7. The van der Waals surface area contributed by atoms with Crippen molar-refractivity contribution in [3.05, 3.63) is 77.2 Å². The van der Waals surface area contributed by atoms with Gasteiger partial charge in [-0.3, -0.25) is 5.32 Å². The van der Waals surface area contributed by atoms with Crippen LogP contribution in [0.5, 0.6) is 0 Å². The molecule has 0 bridgehead atoms. The number of carbonyl (C=O) groups is 1. The maximum absolute atomic E-state index is 16.1. The number of H-pyrrole nitrogens is 1. The van der Waals surface area contributed by atoms with Gasteiger partial charge in [0.25, 0.3) is 0 Å². The van der Waals surface area contributed by atoms with Crippen LogP contribution in [0.2, 0.25) is 5.15 Å². The number of ether oxygens (including phenoxy) is 1. The smallest absolute Gasteiger partial charge is 0.412 e. The third kappa shape index (κ3) is 4.08. The fraction of sp³-hybridized carbons (Fsp3) is 0.231. The number of fused-ring (bicyclic) bond motifs is 2. The Labute approximate surface area is 205 Å². The number of nitrogens with one attached hydrogen (secondary N) is 3. The molecule has 0 radical (unpaired) electrons. The number of pyridine rings is 1. The van der Waals surface area contributed by atoms with Crippen molar-refractivity contribution in [2.45, 2.75) is 38.3 Å². The second-order valence-corrected chi connectivity index (χ2v) is 9.60. The number of para-hydroxylation sites is 1. The van der Waals surface area contributed by atoms with Gasteiger partial charge in [0.2, 0.25) is 0 Å². The maximum atomic E-state index is 16.1. The zero-order chi connectivity index (χ0) is 24.9. The van der Waals surface area contributed by atoms with Crippen molar-refractivity contribution in [2.24, 2.45) is 0 Å². The Balaban J connectivity index is 1.52. The number of hydrogen-bond donors (Lipinski definition) is 3. The molecule has 180 valence electrons. The Morgan fingerprint density at radius 1 is 1.20 bits per heavy atom. The van der Waals surface area contributed by atoms with Gasteiger partial charge in [0.05, 0.1) is 28.5 Å². The van der Waals surface area contributed by atoms with Gasteiger partial charge in [-0.1, -0.05) is 36.7 Å². The third-order valence-corrected chi connectivity index (χ3v) is 6.62. The largest absolute Gasteiger partial charge is 0.443 e. The van der Waals surface area contributed by atoms with Crippen LogP contribution in [0.1, 0.15) is 32.3 Å². The number of aromatic nitrogens is 2. The first-order valence-corrected chi connectivity index (χ1v) is 11.5. The topological polar surface area (TPSA) is 79.0 Å². The molecule has 6 nitrogen and oxygen atoms in total. The van der Waals surface area contributed by atoms with Crippen LogP contribution in [0.4, 0.5) is 25.0 Å². The van der Waals surface area contributed by atoms with Crippen molar-refractivity contribution >= 4 is 40.0 Å². The molecule has 1 aliphatic rings. The average molecular weight is 497 g/mol. The van der Waals surface area contributed by atoms with Crippen LogP contribution in [0.3, 0.4) is 0 Å². The SMILES string of the molecule is CC1c2c(cc(F)c(-c3cccc4cc[nH]c34)c2F)NC(C)(C)C1OC(=O)Nc1ccc(Cl)nc1. The zero-order valence-electron chi connectivity index (χ0n) is 19.2. The maximum Gasteiger partial charge on any atom is 0.412 e. The fourth-order valence-electron chi connectivity index (χ4n) is 4.88. The minimum absolute atomic E-state index is 0.124. The minimum Gasteiger partial charge on any atom is -0.443 e. The van der Waals surface area contributed by atoms with E-state index in [0.29, 0.717) is 27.6 Å².